The number of carbonyl (C=O) groups excluding carboxylic acids is 1. The summed E-state index contributed by atoms with van der Waals surface area (Å²) in [6.07, 6.45) is 4.45. The number of aryl methyl sites for hydroxylation is 1. The first-order valence-corrected chi connectivity index (χ1v) is 17.9. The fourth-order valence-corrected chi connectivity index (χ4v) is 5.19. The number of anilines is 2. The minimum atomic E-state index is -1.24. The molecule has 0 spiro atoms. The Balaban J connectivity index is 1.60. The van der Waals surface area contributed by atoms with E-state index in [2.05, 4.69) is 40.1 Å². The van der Waals surface area contributed by atoms with Crippen LogP contribution in [0.15, 0.2) is 12.4 Å². The molecular formula is C26H41ClN8O4Si. The maximum absolute atomic E-state index is 12.7. The number of nitrogens with zero attached hydrogens (tertiary/aromatic N) is 7. The molecular weight excluding hydrogens is 552 g/mol. The lowest BCUT2D eigenvalue weighted by molar-refractivity contribution is 0.00742. The van der Waals surface area contributed by atoms with Crippen molar-refractivity contribution in [3.63, 3.8) is 0 Å². The fourth-order valence-electron chi connectivity index (χ4n) is 4.17. The Kier molecular flexibility index (Phi) is 9.25. The molecule has 220 valence electrons. The first kappa shape index (κ1) is 30.1. The average molecular weight is 593 g/mol. The van der Waals surface area contributed by atoms with Crippen molar-refractivity contribution in [2.75, 3.05) is 25.0 Å². The predicted molar refractivity (Wildman–Crippen MR) is 157 cm³/mol. The third kappa shape index (κ3) is 8.07. The maximum atomic E-state index is 12.7. The second kappa shape index (κ2) is 12.3. The van der Waals surface area contributed by atoms with Gasteiger partial charge >= 0.3 is 6.09 Å². The zero-order chi connectivity index (χ0) is 29.1. The molecule has 1 N–H and O–H groups in total. The number of ether oxygens (including phenoxy) is 3. The highest BCUT2D eigenvalue weighted by atomic mass is 35.5. The van der Waals surface area contributed by atoms with Gasteiger partial charge < -0.3 is 24.4 Å². The summed E-state index contributed by atoms with van der Waals surface area (Å²) in [5.74, 6) is 0.614. The summed E-state index contributed by atoms with van der Waals surface area (Å²) in [4.78, 5) is 23.8. The largest absolute Gasteiger partial charge is 0.472 e. The minimum Gasteiger partial charge on any atom is -0.472 e. The van der Waals surface area contributed by atoms with Gasteiger partial charge in [-0.1, -0.05) is 31.2 Å². The SMILES string of the molecule is CCn1cc(Nc2nc(O[C@@H]3CCCN(C(=O)OC(C)(C)C)C3)c3c(Cl)nn(COCC[Si](C)(C)C)c3n2)cn1. The molecule has 1 atom stereocenters. The molecule has 0 aromatic carbocycles. The van der Waals surface area contributed by atoms with Crippen LogP contribution in [0.3, 0.4) is 0 Å². The molecule has 0 radical (unpaired) electrons. The van der Waals surface area contributed by atoms with Crippen molar-refractivity contribution in [3.05, 3.63) is 17.5 Å². The van der Waals surface area contributed by atoms with Crippen LogP contribution in [-0.2, 0) is 22.7 Å². The van der Waals surface area contributed by atoms with Crippen LogP contribution in [0.1, 0.15) is 40.5 Å². The van der Waals surface area contributed by atoms with E-state index in [0.29, 0.717) is 42.6 Å². The Morgan fingerprint density at radius 2 is 2.02 bits per heavy atom. The second-order valence-electron chi connectivity index (χ2n) is 12.2. The quantitative estimate of drug-likeness (QED) is 0.239. The molecule has 0 unspecified atom stereocenters. The Morgan fingerprint density at radius 3 is 2.70 bits per heavy atom. The summed E-state index contributed by atoms with van der Waals surface area (Å²) in [5.41, 5.74) is 0.660. The molecule has 0 saturated carbocycles. The van der Waals surface area contributed by atoms with E-state index in [1.165, 1.54) is 0 Å². The first-order valence-electron chi connectivity index (χ1n) is 13.8. The van der Waals surface area contributed by atoms with Crippen LogP contribution in [0, 0.1) is 0 Å². The van der Waals surface area contributed by atoms with E-state index in [-0.39, 0.29) is 24.1 Å². The molecule has 14 heteroatoms. The number of likely N-dealkylation sites (tertiary alicyclic amines) is 1. The Bertz CT molecular complexity index is 1320. The number of nitrogens with one attached hydrogen (secondary N) is 1. The van der Waals surface area contributed by atoms with Crippen LogP contribution in [0.4, 0.5) is 16.4 Å². The third-order valence-corrected chi connectivity index (χ3v) is 8.22. The normalized spacial score (nSPS) is 16.4. The van der Waals surface area contributed by atoms with Crippen molar-refractivity contribution in [2.24, 2.45) is 0 Å². The van der Waals surface area contributed by atoms with E-state index in [1.807, 2.05) is 33.9 Å². The molecule has 40 heavy (non-hydrogen) atoms. The maximum Gasteiger partial charge on any atom is 0.410 e. The predicted octanol–water partition coefficient (Wildman–Crippen LogP) is 5.53. The number of rotatable bonds is 10. The van der Waals surface area contributed by atoms with Crippen molar-refractivity contribution in [1.82, 2.24) is 34.4 Å². The Labute approximate surface area is 241 Å². The molecule has 3 aromatic rings. The number of halogens is 1. The molecule has 1 aliphatic rings. The molecule has 0 aliphatic carbocycles. The van der Waals surface area contributed by atoms with E-state index in [4.69, 9.17) is 30.8 Å². The van der Waals surface area contributed by atoms with Gasteiger partial charge in [-0.05, 0) is 46.6 Å². The van der Waals surface area contributed by atoms with E-state index in [9.17, 15) is 4.79 Å². The van der Waals surface area contributed by atoms with Gasteiger partial charge in [-0.15, -0.1) is 0 Å². The van der Waals surface area contributed by atoms with E-state index in [1.54, 1.807) is 20.5 Å². The van der Waals surface area contributed by atoms with Crippen molar-refractivity contribution in [1.29, 1.82) is 0 Å². The Hall–Kier alpha value is -2.90. The molecule has 12 nitrogen and oxygen atoms in total. The van der Waals surface area contributed by atoms with Gasteiger partial charge in [0.25, 0.3) is 0 Å². The zero-order valence-corrected chi connectivity index (χ0v) is 26.3. The van der Waals surface area contributed by atoms with Crippen LogP contribution in [0.25, 0.3) is 11.0 Å². The van der Waals surface area contributed by atoms with E-state index < -0.39 is 13.7 Å². The summed E-state index contributed by atoms with van der Waals surface area (Å²) in [5, 5.41) is 12.7. The molecule has 4 heterocycles. The summed E-state index contributed by atoms with van der Waals surface area (Å²) in [7, 11) is -1.24. The molecule has 1 saturated heterocycles. The molecule has 1 aliphatic heterocycles. The van der Waals surface area contributed by atoms with Crippen molar-refractivity contribution in [2.45, 2.75) is 91.2 Å². The summed E-state index contributed by atoms with van der Waals surface area (Å²) >= 11 is 6.61. The smallest absolute Gasteiger partial charge is 0.410 e. The Morgan fingerprint density at radius 1 is 1.25 bits per heavy atom. The first-order chi connectivity index (χ1) is 18.8. The highest BCUT2D eigenvalue weighted by Crippen LogP contribution is 2.33. The second-order valence-corrected chi connectivity index (χ2v) is 18.2. The average Bonchev–Trinajstić information content (AvgIpc) is 3.44. The lowest BCUT2D eigenvalue weighted by atomic mass is 10.1. The van der Waals surface area contributed by atoms with Gasteiger partial charge in [-0.25, -0.2) is 9.48 Å². The van der Waals surface area contributed by atoms with Gasteiger partial charge in [0.05, 0.1) is 18.4 Å². The van der Waals surface area contributed by atoms with Crippen molar-refractivity contribution in [3.8, 4) is 5.88 Å². The topological polar surface area (TPSA) is 121 Å². The fraction of sp³-hybridized carbons (Fsp3) is 0.654. The third-order valence-electron chi connectivity index (χ3n) is 6.25. The molecule has 3 aromatic heterocycles. The van der Waals surface area contributed by atoms with Gasteiger partial charge in [0.1, 0.15) is 23.8 Å². The van der Waals surface area contributed by atoms with Gasteiger partial charge in [-0.2, -0.15) is 20.2 Å². The van der Waals surface area contributed by atoms with Crippen LogP contribution in [0.2, 0.25) is 30.8 Å². The van der Waals surface area contributed by atoms with Crippen LogP contribution < -0.4 is 10.1 Å². The lowest BCUT2D eigenvalue weighted by Gasteiger charge is -2.34. The van der Waals surface area contributed by atoms with E-state index >= 15 is 0 Å². The standard InChI is InChI=1S/C26H41ClN8O4Si/c1-8-34-15-18(14-28-34)29-24-30-22-20(21(27)32-35(22)17-37-12-13-40(5,6)7)23(31-24)38-19-10-9-11-33(16-19)25(36)39-26(2,3)4/h14-15,19H,8-13,16-17H2,1-7H3,(H,29,30,31)/t19-/m1/s1. The van der Waals surface area contributed by atoms with E-state index in [0.717, 1.165) is 31.1 Å². The highest BCUT2D eigenvalue weighted by molar-refractivity contribution is 6.76. The number of aromatic nitrogens is 6. The monoisotopic (exact) mass is 592 g/mol. The number of carbonyl (C=O) groups is 1. The number of amides is 1. The van der Waals surface area contributed by atoms with Gasteiger partial charge in [0.15, 0.2) is 10.8 Å². The van der Waals surface area contributed by atoms with Crippen LogP contribution >= 0.6 is 11.6 Å². The summed E-state index contributed by atoms with van der Waals surface area (Å²) < 4.78 is 21.4. The zero-order valence-electron chi connectivity index (χ0n) is 24.5. The summed E-state index contributed by atoms with van der Waals surface area (Å²) in [6, 6.07) is 1.04. The summed E-state index contributed by atoms with van der Waals surface area (Å²) in [6.45, 7) is 17.0. The molecule has 0 bridgehead atoms. The van der Waals surface area contributed by atoms with Crippen LogP contribution in [-0.4, -0.2) is 80.0 Å². The lowest BCUT2D eigenvalue weighted by Crippen LogP contribution is -2.46. The van der Waals surface area contributed by atoms with Gasteiger partial charge in [-0.3, -0.25) is 4.68 Å². The molecule has 4 rings (SSSR count). The van der Waals surface area contributed by atoms with Crippen LogP contribution in [0.5, 0.6) is 5.88 Å². The number of fused-ring (bicyclic) bond motifs is 1. The molecule has 1 fully saturated rings. The minimum absolute atomic E-state index is 0.202. The number of piperidine rings is 1. The number of hydrogen-bond donors (Lipinski definition) is 1. The van der Waals surface area contributed by atoms with Crippen molar-refractivity contribution >= 4 is 48.4 Å². The van der Waals surface area contributed by atoms with Crippen molar-refractivity contribution < 1.29 is 19.0 Å². The van der Waals surface area contributed by atoms with Gasteiger partial charge in [0, 0.05) is 34.0 Å². The van der Waals surface area contributed by atoms with Gasteiger partial charge in [0.2, 0.25) is 11.8 Å². The molecule has 1 amide bonds. The number of hydrogen-bond acceptors (Lipinski definition) is 9. The highest BCUT2D eigenvalue weighted by Gasteiger charge is 2.30.